The van der Waals surface area contributed by atoms with Crippen molar-refractivity contribution in [1.82, 2.24) is 9.55 Å². The van der Waals surface area contributed by atoms with E-state index in [2.05, 4.69) is 4.98 Å². The lowest BCUT2D eigenvalue weighted by Crippen LogP contribution is -2.33. The number of benzene rings is 1. The van der Waals surface area contributed by atoms with Gasteiger partial charge < -0.3 is 19.1 Å². The van der Waals surface area contributed by atoms with Crippen molar-refractivity contribution in [1.29, 1.82) is 0 Å². The SMILES string of the molecule is O=c1cc(CO)n(-c2c(Cl)cccc2Cl)c2c(Cl)cnc(OCC3COC3)c12. The van der Waals surface area contributed by atoms with E-state index in [0.29, 0.717) is 46.8 Å². The quantitative estimate of drug-likeness (QED) is 0.651. The van der Waals surface area contributed by atoms with E-state index in [1.807, 2.05) is 0 Å². The number of ether oxygens (including phenoxy) is 2. The Balaban J connectivity index is 2.01. The third-order valence-corrected chi connectivity index (χ3v) is 5.40. The van der Waals surface area contributed by atoms with E-state index in [1.165, 1.54) is 12.3 Å². The predicted octanol–water partition coefficient (Wildman–Crippen LogP) is 3.86. The smallest absolute Gasteiger partial charge is 0.227 e. The van der Waals surface area contributed by atoms with Crippen molar-refractivity contribution in [2.45, 2.75) is 6.61 Å². The zero-order valence-electron chi connectivity index (χ0n) is 14.5. The molecule has 1 fully saturated rings. The van der Waals surface area contributed by atoms with Gasteiger partial charge in [-0.3, -0.25) is 4.79 Å². The van der Waals surface area contributed by atoms with Gasteiger partial charge in [0.05, 0.1) is 64.6 Å². The Bertz CT molecular complexity index is 1090. The third kappa shape index (κ3) is 3.36. The standard InChI is InChI=1S/C19H15Cl3N2O4/c20-12-2-1-3-13(21)17(12)24-11(6-25)4-15(26)16-18(24)14(22)5-23-19(16)28-9-10-7-27-8-10/h1-5,10,25H,6-9H2. The molecule has 6 nitrogen and oxygen atoms in total. The van der Waals surface area contributed by atoms with Crippen LogP contribution in [0.3, 0.4) is 0 Å². The lowest BCUT2D eigenvalue weighted by molar-refractivity contribution is -0.0512. The highest BCUT2D eigenvalue weighted by Gasteiger charge is 2.23. The molecule has 0 atom stereocenters. The number of aromatic nitrogens is 2. The van der Waals surface area contributed by atoms with Crippen molar-refractivity contribution >= 4 is 45.7 Å². The molecule has 1 aliphatic rings. The molecular formula is C19H15Cl3N2O4. The van der Waals surface area contributed by atoms with Crippen LogP contribution in [0.25, 0.3) is 16.6 Å². The zero-order chi connectivity index (χ0) is 19.8. The van der Waals surface area contributed by atoms with Gasteiger partial charge in [0.15, 0.2) is 5.43 Å². The van der Waals surface area contributed by atoms with Gasteiger partial charge in [0.1, 0.15) is 5.39 Å². The summed E-state index contributed by atoms with van der Waals surface area (Å²) in [5.74, 6) is 0.419. The van der Waals surface area contributed by atoms with E-state index >= 15 is 0 Å². The number of hydrogen-bond acceptors (Lipinski definition) is 5. The van der Waals surface area contributed by atoms with Crippen molar-refractivity contribution in [2.24, 2.45) is 5.92 Å². The number of nitrogens with zero attached hydrogens (tertiary/aromatic N) is 2. The summed E-state index contributed by atoms with van der Waals surface area (Å²) in [6.07, 6.45) is 1.40. The Morgan fingerprint density at radius 3 is 2.54 bits per heavy atom. The number of pyridine rings is 2. The van der Waals surface area contributed by atoms with E-state index in [-0.39, 0.29) is 27.6 Å². The van der Waals surface area contributed by atoms with Crippen LogP contribution >= 0.6 is 34.8 Å². The van der Waals surface area contributed by atoms with Gasteiger partial charge in [-0.1, -0.05) is 40.9 Å². The lowest BCUT2D eigenvalue weighted by atomic mass is 10.1. The molecule has 1 N–H and O–H groups in total. The molecule has 0 aliphatic carbocycles. The van der Waals surface area contributed by atoms with Gasteiger partial charge in [-0.05, 0) is 12.1 Å². The maximum atomic E-state index is 12.8. The average Bonchev–Trinajstić information content (AvgIpc) is 2.63. The van der Waals surface area contributed by atoms with Crippen molar-refractivity contribution in [3.63, 3.8) is 0 Å². The number of hydrogen-bond donors (Lipinski definition) is 1. The van der Waals surface area contributed by atoms with Gasteiger partial charge in [0, 0.05) is 12.0 Å². The van der Waals surface area contributed by atoms with Gasteiger partial charge in [-0.25, -0.2) is 4.98 Å². The molecule has 0 spiro atoms. The summed E-state index contributed by atoms with van der Waals surface area (Å²) in [5, 5.41) is 11.0. The number of halogens is 3. The maximum Gasteiger partial charge on any atom is 0.227 e. The Morgan fingerprint density at radius 2 is 1.93 bits per heavy atom. The van der Waals surface area contributed by atoms with Crippen molar-refractivity contribution in [3.05, 3.63) is 61.4 Å². The minimum atomic E-state index is -0.416. The fraction of sp³-hybridized carbons (Fsp3) is 0.263. The Hall–Kier alpha value is -1.83. The Morgan fingerprint density at radius 1 is 1.21 bits per heavy atom. The van der Waals surface area contributed by atoms with Gasteiger partial charge in [-0.15, -0.1) is 0 Å². The predicted molar refractivity (Wildman–Crippen MR) is 108 cm³/mol. The number of aliphatic hydroxyl groups excluding tert-OH is 1. The molecule has 0 saturated carbocycles. The fourth-order valence-corrected chi connectivity index (χ4v) is 3.89. The van der Waals surface area contributed by atoms with Crippen LogP contribution < -0.4 is 10.2 Å². The summed E-state index contributed by atoms with van der Waals surface area (Å²) < 4.78 is 12.5. The van der Waals surface area contributed by atoms with Crippen molar-refractivity contribution in [2.75, 3.05) is 19.8 Å². The van der Waals surface area contributed by atoms with E-state index < -0.39 is 6.61 Å². The Labute approximate surface area is 175 Å². The molecule has 1 saturated heterocycles. The molecule has 0 bridgehead atoms. The fourth-order valence-electron chi connectivity index (χ4n) is 3.10. The second kappa shape index (κ2) is 7.89. The molecule has 1 aliphatic heterocycles. The normalized spacial score (nSPS) is 14.3. The summed E-state index contributed by atoms with van der Waals surface area (Å²) in [7, 11) is 0. The first-order valence-electron chi connectivity index (χ1n) is 8.50. The molecule has 0 radical (unpaired) electrons. The van der Waals surface area contributed by atoms with Crippen LogP contribution in [0, 0.1) is 5.92 Å². The van der Waals surface area contributed by atoms with Gasteiger partial charge in [-0.2, -0.15) is 0 Å². The molecule has 2 aromatic heterocycles. The first-order chi connectivity index (χ1) is 13.5. The molecule has 3 heterocycles. The topological polar surface area (TPSA) is 73.6 Å². The van der Waals surface area contributed by atoms with Crippen LogP contribution in [-0.4, -0.2) is 34.5 Å². The molecule has 9 heteroatoms. The van der Waals surface area contributed by atoms with Gasteiger partial charge in [0.25, 0.3) is 0 Å². The molecule has 4 rings (SSSR count). The highest BCUT2D eigenvalue weighted by molar-refractivity contribution is 6.38. The average molecular weight is 442 g/mol. The highest BCUT2D eigenvalue weighted by Crippen LogP contribution is 2.36. The zero-order valence-corrected chi connectivity index (χ0v) is 16.8. The van der Waals surface area contributed by atoms with E-state index in [0.717, 1.165) is 0 Å². The number of rotatable bonds is 5. The molecule has 1 aromatic carbocycles. The number of para-hydroxylation sites is 1. The molecular weight excluding hydrogens is 427 g/mol. The first kappa shape index (κ1) is 19.5. The minimum Gasteiger partial charge on any atom is -0.477 e. The molecule has 3 aromatic rings. The third-order valence-electron chi connectivity index (χ3n) is 4.51. The minimum absolute atomic E-state index is 0.165. The van der Waals surface area contributed by atoms with Crippen LogP contribution in [-0.2, 0) is 11.3 Å². The van der Waals surface area contributed by atoms with Crippen LogP contribution in [0.2, 0.25) is 15.1 Å². The number of fused-ring (bicyclic) bond motifs is 1. The second-order valence-corrected chi connectivity index (χ2v) is 7.63. The first-order valence-corrected chi connectivity index (χ1v) is 9.63. The molecule has 146 valence electrons. The van der Waals surface area contributed by atoms with Crippen LogP contribution in [0.4, 0.5) is 0 Å². The Kier molecular flexibility index (Phi) is 5.49. The van der Waals surface area contributed by atoms with Crippen molar-refractivity contribution in [3.8, 4) is 11.6 Å². The highest BCUT2D eigenvalue weighted by atomic mass is 35.5. The molecule has 0 unspecified atom stereocenters. The maximum absolute atomic E-state index is 12.8. The van der Waals surface area contributed by atoms with E-state index in [1.54, 1.807) is 22.8 Å². The summed E-state index contributed by atoms with van der Waals surface area (Å²) >= 11 is 19.2. The monoisotopic (exact) mass is 440 g/mol. The largest absolute Gasteiger partial charge is 0.477 e. The summed E-state index contributed by atoms with van der Waals surface area (Å²) in [6, 6.07) is 6.34. The van der Waals surface area contributed by atoms with Crippen LogP contribution in [0.5, 0.6) is 5.88 Å². The molecule has 28 heavy (non-hydrogen) atoms. The number of aliphatic hydroxyl groups is 1. The summed E-state index contributed by atoms with van der Waals surface area (Å²) in [5.41, 5.74) is 0.654. The van der Waals surface area contributed by atoms with Crippen LogP contribution in [0.1, 0.15) is 5.69 Å². The summed E-state index contributed by atoms with van der Waals surface area (Å²) in [6.45, 7) is 1.18. The van der Waals surface area contributed by atoms with E-state index in [4.69, 9.17) is 44.3 Å². The lowest BCUT2D eigenvalue weighted by Gasteiger charge is -2.26. The van der Waals surface area contributed by atoms with Gasteiger partial charge in [0.2, 0.25) is 5.88 Å². The van der Waals surface area contributed by atoms with Crippen molar-refractivity contribution < 1.29 is 14.6 Å². The molecule has 0 amide bonds. The second-order valence-electron chi connectivity index (χ2n) is 6.41. The van der Waals surface area contributed by atoms with Crippen LogP contribution in [0.15, 0.2) is 35.3 Å². The van der Waals surface area contributed by atoms with Gasteiger partial charge >= 0.3 is 0 Å². The summed E-state index contributed by atoms with van der Waals surface area (Å²) in [4.78, 5) is 17.0. The van der Waals surface area contributed by atoms with E-state index in [9.17, 15) is 9.90 Å².